The van der Waals surface area contributed by atoms with Gasteiger partial charge in [-0.1, -0.05) is 18.5 Å². The van der Waals surface area contributed by atoms with Crippen LogP contribution >= 0.6 is 11.6 Å². The molecule has 0 bridgehead atoms. The molecule has 4 heteroatoms. The SMILES string of the molecule is CCC(C)N(C)C(=O)c1cccnc1Cl. The van der Waals surface area contributed by atoms with Crippen LogP contribution in [-0.4, -0.2) is 28.9 Å². The minimum Gasteiger partial charge on any atom is -0.339 e. The second-order valence-electron chi connectivity index (χ2n) is 3.52. The average Bonchev–Trinajstić information content (AvgIpc) is 2.26. The quantitative estimate of drug-likeness (QED) is 0.743. The molecule has 82 valence electrons. The monoisotopic (exact) mass is 226 g/mol. The summed E-state index contributed by atoms with van der Waals surface area (Å²) in [4.78, 5) is 17.5. The lowest BCUT2D eigenvalue weighted by Gasteiger charge is -2.23. The Hall–Kier alpha value is -1.09. The molecule has 1 aromatic rings. The van der Waals surface area contributed by atoms with E-state index >= 15 is 0 Å². The molecule has 0 aliphatic carbocycles. The normalized spacial score (nSPS) is 12.3. The van der Waals surface area contributed by atoms with Crippen LogP contribution in [-0.2, 0) is 0 Å². The molecule has 1 rings (SSSR count). The third-order valence-electron chi connectivity index (χ3n) is 2.56. The molecule has 3 nitrogen and oxygen atoms in total. The lowest BCUT2D eigenvalue weighted by atomic mass is 10.2. The Bertz CT molecular complexity index is 354. The standard InChI is InChI=1S/C11H15ClN2O/c1-4-8(2)14(3)11(15)9-6-5-7-13-10(9)12/h5-8H,4H2,1-3H3. The van der Waals surface area contributed by atoms with Crippen molar-refractivity contribution in [1.82, 2.24) is 9.88 Å². The molecule has 0 radical (unpaired) electrons. The minimum atomic E-state index is -0.0811. The molecule has 1 amide bonds. The number of hydrogen-bond acceptors (Lipinski definition) is 2. The van der Waals surface area contributed by atoms with Crippen LogP contribution in [0, 0.1) is 0 Å². The zero-order chi connectivity index (χ0) is 11.4. The zero-order valence-electron chi connectivity index (χ0n) is 9.20. The van der Waals surface area contributed by atoms with Crippen LogP contribution in [0.1, 0.15) is 30.6 Å². The maximum Gasteiger partial charge on any atom is 0.256 e. The second-order valence-corrected chi connectivity index (χ2v) is 3.87. The summed E-state index contributed by atoms with van der Waals surface area (Å²) in [7, 11) is 1.78. The van der Waals surface area contributed by atoms with E-state index < -0.39 is 0 Å². The van der Waals surface area contributed by atoms with Crippen molar-refractivity contribution in [2.45, 2.75) is 26.3 Å². The van der Waals surface area contributed by atoms with Gasteiger partial charge in [0.1, 0.15) is 5.15 Å². The van der Waals surface area contributed by atoms with Crippen LogP contribution < -0.4 is 0 Å². The van der Waals surface area contributed by atoms with Crippen LogP contribution in [0.5, 0.6) is 0 Å². The smallest absolute Gasteiger partial charge is 0.256 e. The highest BCUT2D eigenvalue weighted by molar-refractivity contribution is 6.32. The van der Waals surface area contributed by atoms with E-state index in [-0.39, 0.29) is 17.1 Å². The van der Waals surface area contributed by atoms with Crippen LogP contribution in [0.2, 0.25) is 5.15 Å². The Morgan fingerprint density at radius 3 is 2.87 bits per heavy atom. The fourth-order valence-electron chi connectivity index (χ4n) is 1.21. The first-order valence-corrected chi connectivity index (χ1v) is 5.33. The summed E-state index contributed by atoms with van der Waals surface area (Å²) < 4.78 is 0. The summed E-state index contributed by atoms with van der Waals surface area (Å²) in [6, 6.07) is 3.61. The number of nitrogens with zero attached hydrogens (tertiary/aromatic N) is 2. The fraction of sp³-hybridized carbons (Fsp3) is 0.455. The van der Waals surface area contributed by atoms with Gasteiger partial charge in [-0.15, -0.1) is 0 Å². The van der Waals surface area contributed by atoms with E-state index in [9.17, 15) is 4.79 Å². The summed E-state index contributed by atoms with van der Waals surface area (Å²) in [5, 5.41) is 0.262. The molecule has 1 heterocycles. The van der Waals surface area contributed by atoms with Crippen molar-refractivity contribution in [2.75, 3.05) is 7.05 Å². The van der Waals surface area contributed by atoms with Gasteiger partial charge in [-0.05, 0) is 25.5 Å². The number of hydrogen-bond donors (Lipinski definition) is 0. The summed E-state index contributed by atoms with van der Waals surface area (Å²) in [5.41, 5.74) is 0.460. The van der Waals surface area contributed by atoms with Gasteiger partial charge in [0.15, 0.2) is 0 Å². The molecule has 15 heavy (non-hydrogen) atoms. The predicted octanol–water partition coefficient (Wildman–Crippen LogP) is 2.61. The van der Waals surface area contributed by atoms with Gasteiger partial charge in [0.05, 0.1) is 5.56 Å². The van der Waals surface area contributed by atoms with Gasteiger partial charge in [0, 0.05) is 19.3 Å². The maximum atomic E-state index is 12.0. The van der Waals surface area contributed by atoms with Crippen molar-refractivity contribution >= 4 is 17.5 Å². The maximum absolute atomic E-state index is 12.0. The number of amides is 1. The topological polar surface area (TPSA) is 33.2 Å². The first-order chi connectivity index (χ1) is 7.07. The van der Waals surface area contributed by atoms with Crippen molar-refractivity contribution in [3.8, 4) is 0 Å². The van der Waals surface area contributed by atoms with Gasteiger partial charge in [0.25, 0.3) is 5.91 Å². The third-order valence-corrected chi connectivity index (χ3v) is 2.86. The molecule has 0 aliphatic rings. The van der Waals surface area contributed by atoms with E-state index in [2.05, 4.69) is 4.98 Å². The van der Waals surface area contributed by atoms with Crippen LogP contribution in [0.4, 0.5) is 0 Å². The lowest BCUT2D eigenvalue weighted by molar-refractivity contribution is 0.0740. The molecule has 1 atom stereocenters. The Labute approximate surface area is 95.1 Å². The highest BCUT2D eigenvalue weighted by Crippen LogP contribution is 2.15. The van der Waals surface area contributed by atoms with Gasteiger partial charge < -0.3 is 4.90 Å². The molecule has 0 spiro atoms. The van der Waals surface area contributed by atoms with Crippen LogP contribution in [0.15, 0.2) is 18.3 Å². The van der Waals surface area contributed by atoms with E-state index in [1.807, 2.05) is 13.8 Å². The summed E-state index contributed by atoms with van der Waals surface area (Å²) in [6.07, 6.45) is 2.49. The Morgan fingerprint density at radius 1 is 1.67 bits per heavy atom. The average molecular weight is 227 g/mol. The van der Waals surface area contributed by atoms with Crippen molar-refractivity contribution < 1.29 is 4.79 Å². The number of carbonyl (C=O) groups is 1. The van der Waals surface area contributed by atoms with E-state index in [1.54, 1.807) is 30.3 Å². The van der Waals surface area contributed by atoms with Crippen molar-refractivity contribution in [1.29, 1.82) is 0 Å². The number of aromatic nitrogens is 1. The predicted molar refractivity (Wildman–Crippen MR) is 61.1 cm³/mol. The number of carbonyl (C=O) groups excluding carboxylic acids is 1. The Kier molecular flexibility index (Phi) is 4.09. The zero-order valence-corrected chi connectivity index (χ0v) is 9.95. The molecular weight excluding hydrogens is 212 g/mol. The van der Waals surface area contributed by atoms with Gasteiger partial charge in [-0.3, -0.25) is 4.79 Å². The summed E-state index contributed by atoms with van der Waals surface area (Å²) >= 11 is 5.85. The highest BCUT2D eigenvalue weighted by Gasteiger charge is 2.18. The number of halogens is 1. The molecular formula is C11H15ClN2O. The molecule has 1 aromatic heterocycles. The number of pyridine rings is 1. The highest BCUT2D eigenvalue weighted by atomic mass is 35.5. The first-order valence-electron chi connectivity index (χ1n) is 4.95. The van der Waals surface area contributed by atoms with E-state index in [1.165, 1.54) is 0 Å². The number of rotatable bonds is 3. The lowest BCUT2D eigenvalue weighted by Crippen LogP contribution is -2.34. The van der Waals surface area contributed by atoms with Crippen molar-refractivity contribution in [3.63, 3.8) is 0 Å². The first kappa shape index (κ1) is 12.0. The van der Waals surface area contributed by atoms with Gasteiger partial charge in [-0.2, -0.15) is 0 Å². The Morgan fingerprint density at radius 2 is 2.33 bits per heavy atom. The van der Waals surface area contributed by atoms with E-state index in [0.717, 1.165) is 6.42 Å². The molecule has 0 aromatic carbocycles. The largest absolute Gasteiger partial charge is 0.339 e. The molecule has 0 saturated carbocycles. The van der Waals surface area contributed by atoms with Gasteiger partial charge in [0.2, 0.25) is 0 Å². The van der Waals surface area contributed by atoms with E-state index in [0.29, 0.717) is 5.56 Å². The minimum absolute atomic E-state index is 0.0811. The van der Waals surface area contributed by atoms with Crippen molar-refractivity contribution in [3.05, 3.63) is 29.0 Å². The third kappa shape index (κ3) is 2.69. The summed E-state index contributed by atoms with van der Waals surface area (Å²) in [5.74, 6) is -0.0811. The second kappa shape index (κ2) is 5.12. The van der Waals surface area contributed by atoms with Crippen molar-refractivity contribution in [2.24, 2.45) is 0 Å². The fourth-order valence-corrected chi connectivity index (χ4v) is 1.41. The van der Waals surface area contributed by atoms with Crippen LogP contribution in [0.3, 0.4) is 0 Å². The Balaban J connectivity index is 2.90. The molecule has 0 fully saturated rings. The van der Waals surface area contributed by atoms with Gasteiger partial charge >= 0.3 is 0 Å². The summed E-state index contributed by atoms with van der Waals surface area (Å²) in [6.45, 7) is 4.04. The molecule has 0 N–H and O–H groups in total. The van der Waals surface area contributed by atoms with E-state index in [4.69, 9.17) is 11.6 Å². The van der Waals surface area contributed by atoms with Crippen LogP contribution in [0.25, 0.3) is 0 Å². The molecule has 0 saturated heterocycles. The van der Waals surface area contributed by atoms with Gasteiger partial charge in [-0.25, -0.2) is 4.98 Å². The molecule has 1 unspecified atom stereocenters. The molecule has 0 aliphatic heterocycles.